The van der Waals surface area contributed by atoms with Gasteiger partial charge in [-0.2, -0.15) is 0 Å². The van der Waals surface area contributed by atoms with Gasteiger partial charge in [-0.05, 0) is 27.2 Å². The Bertz CT molecular complexity index is 487. The van der Waals surface area contributed by atoms with E-state index in [4.69, 9.17) is 9.47 Å². The molecule has 6 nitrogen and oxygen atoms in total. The van der Waals surface area contributed by atoms with Gasteiger partial charge in [-0.15, -0.1) is 0 Å². The molecule has 116 valence electrons. The van der Waals surface area contributed by atoms with Crippen molar-refractivity contribution in [2.24, 2.45) is 5.92 Å². The summed E-state index contributed by atoms with van der Waals surface area (Å²) >= 11 is 0. The van der Waals surface area contributed by atoms with Gasteiger partial charge in [-0.3, -0.25) is 0 Å². The summed E-state index contributed by atoms with van der Waals surface area (Å²) in [6.45, 7) is 7.14. The topological polar surface area (TPSA) is 64.5 Å². The molecule has 21 heavy (non-hydrogen) atoms. The van der Waals surface area contributed by atoms with E-state index in [2.05, 4.69) is 9.97 Å². The molecule has 0 spiro atoms. The van der Waals surface area contributed by atoms with E-state index < -0.39 is 11.4 Å². The summed E-state index contributed by atoms with van der Waals surface area (Å²) in [5, 5.41) is 0. The van der Waals surface area contributed by atoms with Crippen LogP contribution in [0.2, 0.25) is 0 Å². The van der Waals surface area contributed by atoms with Crippen LogP contribution in [0.25, 0.3) is 0 Å². The third-order valence-corrected chi connectivity index (χ3v) is 2.98. The summed E-state index contributed by atoms with van der Waals surface area (Å²) in [6, 6.07) is 0.145. The minimum atomic E-state index is -0.501. The number of ether oxygens (including phenoxy) is 2. The molecular formula is C14H20FN3O3. The average Bonchev–Trinajstić information content (AvgIpc) is 2.85. The molecule has 1 aliphatic rings. The zero-order valence-electron chi connectivity index (χ0n) is 12.5. The van der Waals surface area contributed by atoms with Crippen molar-refractivity contribution in [1.29, 1.82) is 0 Å². The number of hydrogen-bond acceptors (Lipinski definition) is 5. The minimum absolute atomic E-state index is 0.145. The van der Waals surface area contributed by atoms with Crippen molar-refractivity contribution in [2.75, 3.05) is 19.7 Å². The van der Waals surface area contributed by atoms with Crippen LogP contribution in [0, 0.1) is 11.7 Å². The van der Waals surface area contributed by atoms with Crippen LogP contribution in [0.5, 0.6) is 6.01 Å². The van der Waals surface area contributed by atoms with E-state index in [1.54, 1.807) is 4.90 Å². The molecule has 1 aliphatic heterocycles. The molecule has 7 heteroatoms. The Morgan fingerprint density at radius 3 is 2.71 bits per heavy atom. The molecule has 2 heterocycles. The summed E-state index contributed by atoms with van der Waals surface area (Å²) in [5.74, 6) is -0.300. The maximum Gasteiger partial charge on any atom is 0.410 e. The highest BCUT2D eigenvalue weighted by molar-refractivity contribution is 5.68. The second kappa shape index (κ2) is 6.24. The number of amides is 1. The van der Waals surface area contributed by atoms with E-state index in [1.165, 1.54) is 0 Å². The van der Waals surface area contributed by atoms with Crippen LogP contribution in [0.3, 0.4) is 0 Å². The maximum atomic E-state index is 12.7. The van der Waals surface area contributed by atoms with Crippen molar-refractivity contribution in [3.8, 4) is 6.01 Å². The van der Waals surface area contributed by atoms with Gasteiger partial charge in [0.1, 0.15) is 5.60 Å². The lowest BCUT2D eigenvalue weighted by atomic mass is 10.1. The molecule has 1 aromatic heterocycles. The number of nitrogens with zero attached hydrogens (tertiary/aromatic N) is 3. The van der Waals surface area contributed by atoms with E-state index in [1.807, 2.05) is 20.8 Å². The Kier molecular flexibility index (Phi) is 4.59. The van der Waals surface area contributed by atoms with Gasteiger partial charge in [0.2, 0.25) is 0 Å². The number of halogens is 1. The third kappa shape index (κ3) is 4.84. The summed E-state index contributed by atoms with van der Waals surface area (Å²) in [7, 11) is 0. The fraction of sp³-hybridized carbons (Fsp3) is 0.643. The predicted molar refractivity (Wildman–Crippen MR) is 73.4 cm³/mol. The summed E-state index contributed by atoms with van der Waals surface area (Å²) in [5.41, 5.74) is -0.492. The normalized spacial score (nSPS) is 18.7. The Hall–Kier alpha value is -1.92. The summed E-state index contributed by atoms with van der Waals surface area (Å²) in [4.78, 5) is 21.0. The lowest BCUT2D eigenvalue weighted by Gasteiger charge is -2.24. The Morgan fingerprint density at radius 2 is 2.10 bits per heavy atom. The first-order valence-electron chi connectivity index (χ1n) is 6.92. The van der Waals surface area contributed by atoms with Gasteiger partial charge < -0.3 is 14.4 Å². The van der Waals surface area contributed by atoms with Gasteiger partial charge in [0, 0.05) is 19.0 Å². The molecule has 0 bridgehead atoms. The first-order chi connectivity index (χ1) is 9.83. The van der Waals surface area contributed by atoms with Gasteiger partial charge in [-0.1, -0.05) is 0 Å². The smallest absolute Gasteiger partial charge is 0.410 e. The van der Waals surface area contributed by atoms with Crippen LogP contribution in [-0.2, 0) is 4.74 Å². The molecule has 0 aromatic carbocycles. The molecule has 1 aromatic rings. The van der Waals surface area contributed by atoms with Crippen LogP contribution in [0.1, 0.15) is 27.2 Å². The standard InChI is InChI=1S/C14H20FN3O3/c1-14(2,3)21-13(19)18-5-4-10(8-18)9-20-12-16-6-11(15)7-17-12/h6-7,10H,4-5,8-9H2,1-3H3/t10-/m0/s1. The van der Waals surface area contributed by atoms with Crippen LogP contribution in [0.4, 0.5) is 9.18 Å². The second-order valence-corrected chi connectivity index (χ2v) is 6.08. The molecule has 1 saturated heterocycles. The van der Waals surface area contributed by atoms with Crippen molar-refractivity contribution in [1.82, 2.24) is 14.9 Å². The zero-order valence-corrected chi connectivity index (χ0v) is 12.5. The molecule has 0 radical (unpaired) electrons. The quantitative estimate of drug-likeness (QED) is 0.856. The summed E-state index contributed by atoms with van der Waals surface area (Å²) < 4.78 is 23.4. The molecule has 1 fully saturated rings. The molecule has 0 N–H and O–H groups in total. The van der Waals surface area contributed by atoms with Gasteiger partial charge in [0.25, 0.3) is 0 Å². The van der Waals surface area contributed by atoms with Crippen molar-refractivity contribution >= 4 is 6.09 Å². The minimum Gasteiger partial charge on any atom is -0.463 e. The molecule has 0 aliphatic carbocycles. The highest BCUT2D eigenvalue weighted by Gasteiger charge is 2.30. The number of hydrogen-bond donors (Lipinski definition) is 0. The lowest BCUT2D eigenvalue weighted by molar-refractivity contribution is 0.0284. The van der Waals surface area contributed by atoms with E-state index in [9.17, 15) is 9.18 Å². The molecule has 1 amide bonds. The molecular weight excluding hydrogens is 277 g/mol. The molecule has 0 unspecified atom stereocenters. The van der Waals surface area contributed by atoms with E-state index in [0.717, 1.165) is 18.8 Å². The number of carbonyl (C=O) groups excluding carboxylic acids is 1. The van der Waals surface area contributed by atoms with E-state index in [0.29, 0.717) is 19.7 Å². The highest BCUT2D eigenvalue weighted by Crippen LogP contribution is 2.20. The SMILES string of the molecule is CC(C)(C)OC(=O)N1CC[C@H](COc2ncc(F)cn2)C1. The summed E-state index contributed by atoms with van der Waals surface area (Å²) in [6.07, 6.45) is 2.65. The fourth-order valence-corrected chi connectivity index (χ4v) is 2.03. The van der Waals surface area contributed by atoms with E-state index in [-0.39, 0.29) is 18.0 Å². The third-order valence-electron chi connectivity index (χ3n) is 2.98. The second-order valence-electron chi connectivity index (χ2n) is 6.08. The lowest BCUT2D eigenvalue weighted by Crippen LogP contribution is -2.35. The number of likely N-dealkylation sites (tertiary alicyclic amines) is 1. The average molecular weight is 297 g/mol. The van der Waals surface area contributed by atoms with Gasteiger partial charge in [0.15, 0.2) is 5.82 Å². The van der Waals surface area contributed by atoms with Gasteiger partial charge >= 0.3 is 12.1 Å². The van der Waals surface area contributed by atoms with Crippen molar-refractivity contribution in [2.45, 2.75) is 32.8 Å². The van der Waals surface area contributed by atoms with Crippen molar-refractivity contribution < 1.29 is 18.7 Å². The van der Waals surface area contributed by atoms with Crippen LogP contribution < -0.4 is 4.74 Å². The highest BCUT2D eigenvalue weighted by atomic mass is 19.1. The Morgan fingerprint density at radius 1 is 1.43 bits per heavy atom. The Labute approximate surface area is 123 Å². The predicted octanol–water partition coefficient (Wildman–Crippen LogP) is 2.25. The largest absolute Gasteiger partial charge is 0.463 e. The first-order valence-corrected chi connectivity index (χ1v) is 6.92. The number of aromatic nitrogens is 2. The molecule has 2 rings (SSSR count). The fourth-order valence-electron chi connectivity index (χ4n) is 2.03. The maximum absolute atomic E-state index is 12.7. The molecule has 1 atom stereocenters. The van der Waals surface area contributed by atoms with Crippen LogP contribution >= 0.6 is 0 Å². The van der Waals surface area contributed by atoms with Crippen molar-refractivity contribution in [3.05, 3.63) is 18.2 Å². The number of carbonyl (C=O) groups is 1. The van der Waals surface area contributed by atoms with Gasteiger partial charge in [0.05, 0.1) is 19.0 Å². The molecule has 0 saturated carbocycles. The van der Waals surface area contributed by atoms with Crippen molar-refractivity contribution in [3.63, 3.8) is 0 Å². The first kappa shape index (κ1) is 15.5. The van der Waals surface area contributed by atoms with Gasteiger partial charge in [-0.25, -0.2) is 19.2 Å². The Balaban J connectivity index is 1.77. The number of rotatable bonds is 3. The monoisotopic (exact) mass is 297 g/mol. The van der Waals surface area contributed by atoms with Crippen LogP contribution in [-0.4, -0.2) is 46.3 Å². The van der Waals surface area contributed by atoms with Crippen LogP contribution in [0.15, 0.2) is 12.4 Å². The zero-order chi connectivity index (χ0) is 15.5. The van der Waals surface area contributed by atoms with E-state index >= 15 is 0 Å².